The van der Waals surface area contributed by atoms with Gasteiger partial charge in [0.05, 0.1) is 6.42 Å². The third-order valence-corrected chi connectivity index (χ3v) is 2.78. The standard InChI is InChI=1S/C17H16O4/c1-13(18)21-16-9-7-14(8-10-16)11-17(19)20-12-15-5-3-2-4-6-15/h2-10H,11-12H2,1H3. The van der Waals surface area contributed by atoms with Crippen LogP contribution in [0.4, 0.5) is 0 Å². The average Bonchev–Trinajstić information content (AvgIpc) is 2.48. The van der Waals surface area contributed by atoms with Gasteiger partial charge in [0.15, 0.2) is 0 Å². The summed E-state index contributed by atoms with van der Waals surface area (Å²) in [6.07, 6.45) is 0.188. The number of benzene rings is 2. The first-order valence-corrected chi connectivity index (χ1v) is 6.60. The summed E-state index contributed by atoms with van der Waals surface area (Å²) in [7, 11) is 0. The van der Waals surface area contributed by atoms with Crippen LogP contribution in [0.3, 0.4) is 0 Å². The van der Waals surface area contributed by atoms with Crippen LogP contribution in [0.25, 0.3) is 0 Å². The molecule has 0 saturated heterocycles. The van der Waals surface area contributed by atoms with Gasteiger partial charge in [-0.1, -0.05) is 42.5 Å². The van der Waals surface area contributed by atoms with Crippen LogP contribution in [-0.2, 0) is 27.4 Å². The third-order valence-electron chi connectivity index (χ3n) is 2.78. The van der Waals surface area contributed by atoms with Crippen LogP contribution in [-0.4, -0.2) is 11.9 Å². The van der Waals surface area contributed by atoms with Crippen molar-refractivity contribution in [1.29, 1.82) is 0 Å². The van der Waals surface area contributed by atoms with Crippen molar-refractivity contribution in [3.63, 3.8) is 0 Å². The van der Waals surface area contributed by atoms with Crippen LogP contribution >= 0.6 is 0 Å². The molecule has 0 spiro atoms. The number of carbonyl (C=O) groups is 2. The zero-order chi connectivity index (χ0) is 15.1. The Balaban J connectivity index is 1.83. The van der Waals surface area contributed by atoms with Gasteiger partial charge in [0.1, 0.15) is 12.4 Å². The first kappa shape index (κ1) is 14.8. The smallest absolute Gasteiger partial charge is 0.310 e. The number of carbonyl (C=O) groups excluding carboxylic acids is 2. The molecule has 0 aliphatic carbocycles. The molecule has 4 nitrogen and oxygen atoms in total. The van der Waals surface area contributed by atoms with Crippen molar-refractivity contribution in [3.05, 3.63) is 65.7 Å². The van der Waals surface area contributed by atoms with Crippen LogP contribution in [0, 0.1) is 0 Å². The van der Waals surface area contributed by atoms with Crippen LogP contribution < -0.4 is 4.74 Å². The van der Waals surface area contributed by atoms with Gasteiger partial charge in [-0.3, -0.25) is 9.59 Å². The molecule has 108 valence electrons. The number of esters is 2. The lowest BCUT2D eigenvalue weighted by atomic mass is 10.1. The molecule has 0 aromatic heterocycles. The van der Waals surface area contributed by atoms with E-state index in [-0.39, 0.29) is 25.0 Å². The summed E-state index contributed by atoms with van der Waals surface area (Å²) in [6, 6.07) is 16.3. The molecule has 0 bridgehead atoms. The highest BCUT2D eigenvalue weighted by atomic mass is 16.5. The lowest BCUT2D eigenvalue weighted by Crippen LogP contribution is -2.08. The Morgan fingerprint density at radius 2 is 1.57 bits per heavy atom. The second-order valence-corrected chi connectivity index (χ2v) is 4.56. The molecule has 4 heteroatoms. The molecule has 0 aliphatic rings. The lowest BCUT2D eigenvalue weighted by molar-refractivity contribution is -0.144. The van der Waals surface area contributed by atoms with Gasteiger partial charge in [0.2, 0.25) is 0 Å². The first-order chi connectivity index (χ1) is 10.1. The van der Waals surface area contributed by atoms with Gasteiger partial charge in [-0.2, -0.15) is 0 Å². The fourth-order valence-corrected chi connectivity index (χ4v) is 1.80. The second kappa shape index (κ2) is 7.24. The highest BCUT2D eigenvalue weighted by molar-refractivity contribution is 5.73. The number of hydrogen-bond acceptors (Lipinski definition) is 4. The van der Waals surface area contributed by atoms with Crippen LogP contribution in [0.5, 0.6) is 5.75 Å². The summed E-state index contributed by atoms with van der Waals surface area (Å²) >= 11 is 0. The molecule has 0 heterocycles. The summed E-state index contributed by atoms with van der Waals surface area (Å²) in [5.41, 5.74) is 1.76. The van der Waals surface area contributed by atoms with Crippen molar-refractivity contribution in [2.75, 3.05) is 0 Å². The molecular weight excluding hydrogens is 268 g/mol. The number of ether oxygens (including phenoxy) is 2. The number of hydrogen-bond donors (Lipinski definition) is 0. The largest absolute Gasteiger partial charge is 0.461 e. The van der Waals surface area contributed by atoms with Gasteiger partial charge in [0, 0.05) is 6.92 Å². The molecule has 0 unspecified atom stereocenters. The van der Waals surface area contributed by atoms with E-state index in [1.807, 2.05) is 30.3 Å². The average molecular weight is 284 g/mol. The van der Waals surface area contributed by atoms with E-state index in [4.69, 9.17) is 9.47 Å². The van der Waals surface area contributed by atoms with E-state index in [1.54, 1.807) is 24.3 Å². The van der Waals surface area contributed by atoms with E-state index in [2.05, 4.69) is 0 Å². The van der Waals surface area contributed by atoms with E-state index < -0.39 is 0 Å². The first-order valence-electron chi connectivity index (χ1n) is 6.60. The molecule has 2 aromatic carbocycles. The third kappa shape index (κ3) is 5.10. The number of rotatable bonds is 5. The fraction of sp³-hybridized carbons (Fsp3) is 0.176. The molecule has 0 aliphatic heterocycles. The molecule has 2 aromatic rings. The highest BCUT2D eigenvalue weighted by Crippen LogP contribution is 2.13. The zero-order valence-electron chi connectivity index (χ0n) is 11.7. The Labute approximate surface area is 123 Å². The van der Waals surface area contributed by atoms with Crippen molar-refractivity contribution in [3.8, 4) is 5.75 Å². The van der Waals surface area contributed by atoms with E-state index in [0.29, 0.717) is 5.75 Å². The van der Waals surface area contributed by atoms with Gasteiger partial charge in [-0.05, 0) is 23.3 Å². The maximum Gasteiger partial charge on any atom is 0.310 e. The van der Waals surface area contributed by atoms with Crippen molar-refractivity contribution in [1.82, 2.24) is 0 Å². The van der Waals surface area contributed by atoms with Crippen molar-refractivity contribution < 1.29 is 19.1 Å². The lowest BCUT2D eigenvalue weighted by Gasteiger charge is -2.06. The molecule has 0 radical (unpaired) electrons. The van der Waals surface area contributed by atoms with Gasteiger partial charge in [-0.25, -0.2) is 0 Å². The van der Waals surface area contributed by atoms with Gasteiger partial charge in [-0.15, -0.1) is 0 Å². The Morgan fingerprint density at radius 3 is 2.19 bits per heavy atom. The van der Waals surface area contributed by atoms with Crippen molar-refractivity contribution in [2.45, 2.75) is 20.0 Å². The molecule has 0 fully saturated rings. The Morgan fingerprint density at radius 1 is 0.905 bits per heavy atom. The summed E-state index contributed by atoms with van der Waals surface area (Å²) in [4.78, 5) is 22.5. The topological polar surface area (TPSA) is 52.6 Å². The predicted molar refractivity (Wildman–Crippen MR) is 77.7 cm³/mol. The maximum atomic E-state index is 11.7. The predicted octanol–water partition coefficient (Wildman–Crippen LogP) is 2.90. The maximum absolute atomic E-state index is 11.7. The van der Waals surface area contributed by atoms with Crippen molar-refractivity contribution in [2.24, 2.45) is 0 Å². The summed E-state index contributed by atoms with van der Waals surface area (Å²) in [6.45, 7) is 1.61. The molecule has 0 atom stereocenters. The minimum absolute atomic E-state index is 0.188. The molecule has 0 N–H and O–H groups in total. The van der Waals surface area contributed by atoms with Crippen LogP contribution in [0.15, 0.2) is 54.6 Å². The fourth-order valence-electron chi connectivity index (χ4n) is 1.80. The highest BCUT2D eigenvalue weighted by Gasteiger charge is 2.06. The quantitative estimate of drug-likeness (QED) is 0.626. The molecule has 0 amide bonds. The Kier molecular flexibility index (Phi) is 5.10. The van der Waals surface area contributed by atoms with Crippen LogP contribution in [0.2, 0.25) is 0 Å². The molecule has 21 heavy (non-hydrogen) atoms. The van der Waals surface area contributed by atoms with Gasteiger partial charge in [0.25, 0.3) is 0 Å². The molecule has 2 rings (SSSR count). The van der Waals surface area contributed by atoms with Gasteiger partial charge >= 0.3 is 11.9 Å². The Hall–Kier alpha value is -2.62. The SMILES string of the molecule is CC(=O)Oc1ccc(CC(=O)OCc2ccccc2)cc1. The van der Waals surface area contributed by atoms with E-state index >= 15 is 0 Å². The summed E-state index contributed by atoms with van der Waals surface area (Å²) in [5.74, 6) is -0.201. The van der Waals surface area contributed by atoms with E-state index in [9.17, 15) is 9.59 Å². The van der Waals surface area contributed by atoms with Gasteiger partial charge < -0.3 is 9.47 Å². The minimum Gasteiger partial charge on any atom is -0.461 e. The van der Waals surface area contributed by atoms with Crippen molar-refractivity contribution >= 4 is 11.9 Å². The molecule has 0 saturated carbocycles. The van der Waals surface area contributed by atoms with Crippen LogP contribution in [0.1, 0.15) is 18.1 Å². The monoisotopic (exact) mass is 284 g/mol. The summed E-state index contributed by atoms with van der Waals surface area (Å²) in [5, 5.41) is 0. The van der Waals surface area contributed by atoms with E-state index in [0.717, 1.165) is 11.1 Å². The summed E-state index contributed by atoms with van der Waals surface area (Å²) < 4.78 is 10.1. The zero-order valence-corrected chi connectivity index (χ0v) is 11.7. The van der Waals surface area contributed by atoms with E-state index in [1.165, 1.54) is 6.92 Å². The normalized spacial score (nSPS) is 9.95. The minimum atomic E-state index is -0.370. The molecular formula is C17H16O4. The Bertz CT molecular complexity index is 602. The second-order valence-electron chi connectivity index (χ2n) is 4.56.